The Morgan fingerprint density at radius 3 is 2.12 bits per heavy atom. The van der Waals surface area contributed by atoms with Crippen LogP contribution in [0.15, 0.2) is 29.8 Å². The third kappa shape index (κ3) is 3.45. The molecule has 0 saturated heterocycles. The van der Waals surface area contributed by atoms with Crippen LogP contribution in [0.3, 0.4) is 0 Å². The van der Waals surface area contributed by atoms with Crippen LogP contribution in [0.1, 0.15) is 24.1 Å². The summed E-state index contributed by atoms with van der Waals surface area (Å²) in [5.74, 6) is 0. The monoisotopic (exact) mass is 225 g/mol. The zero-order valence-electron chi connectivity index (χ0n) is 10.3. The lowest BCUT2D eigenvalue weighted by Gasteiger charge is -2.20. The van der Waals surface area contributed by atoms with E-state index in [2.05, 4.69) is 11.8 Å². The van der Waals surface area contributed by atoms with Crippen LogP contribution in [0.2, 0.25) is 0 Å². The minimum absolute atomic E-state index is 0.124. The normalized spacial score (nSPS) is 11.4. The van der Waals surface area contributed by atoms with Crippen LogP contribution in [0, 0.1) is 22.7 Å². The topological polar surface area (TPSA) is 50.8 Å². The van der Waals surface area contributed by atoms with Crippen molar-refractivity contribution in [2.24, 2.45) is 0 Å². The molecular weight excluding hydrogens is 210 g/mol. The summed E-state index contributed by atoms with van der Waals surface area (Å²) in [6.07, 6.45) is 1.59. The second-order valence-corrected chi connectivity index (χ2v) is 4.09. The second kappa shape index (κ2) is 5.84. The minimum Gasteiger partial charge on any atom is -0.303 e. The first-order chi connectivity index (χ1) is 8.08. The molecule has 1 rings (SSSR count). The molecular formula is C14H15N3. The Hall–Kier alpha value is -2.10. The molecule has 0 aliphatic carbocycles. The fraction of sp³-hybridized carbons (Fsp3) is 0.286. The standard InChI is InChI=1S/C14H15N3/c1-11(17(2)3)14-6-4-12(5-7-14)8-13(9-15)10-16/h4-8,11H,1-3H3. The quantitative estimate of drug-likeness (QED) is 0.743. The van der Waals surface area contributed by atoms with Gasteiger partial charge in [0, 0.05) is 6.04 Å². The van der Waals surface area contributed by atoms with E-state index >= 15 is 0 Å². The predicted molar refractivity (Wildman–Crippen MR) is 67.7 cm³/mol. The van der Waals surface area contributed by atoms with E-state index in [9.17, 15) is 0 Å². The Balaban J connectivity index is 2.94. The Kier molecular flexibility index (Phi) is 4.46. The zero-order valence-corrected chi connectivity index (χ0v) is 10.3. The molecule has 1 aromatic carbocycles. The predicted octanol–water partition coefficient (Wildman–Crippen LogP) is 2.74. The molecule has 0 N–H and O–H groups in total. The molecule has 0 spiro atoms. The van der Waals surface area contributed by atoms with Gasteiger partial charge in [-0.1, -0.05) is 24.3 Å². The number of nitriles is 2. The average Bonchev–Trinajstić information content (AvgIpc) is 2.35. The molecule has 0 bridgehead atoms. The van der Waals surface area contributed by atoms with Crippen molar-refractivity contribution in [1.82, 2.24) is 4.90 Å². The van der Waals surface area contributed by atoms with E-state index < -0.39 is 0 Å². The minimum atomic E-state index is 0.124. The van der Waals surface area contributed by atoms with Crippen molar-refractivity contribution in [2.45, 2.75) is 13.0 Å². The highest BCUT2D eigenvalue weighted by molar-refractivity contribution is 5.62. The molecule has 1 unspecified atom stereocenters. The van der Waals surface area contributed by atoms with Crippen LogP contribution in [0.4, 0.5) is 0 Å². The smallest absolute Gasteiger partial charge is 0.130 e. The summed E-state index contributed by atoms with van der Waals surface area (Å²) in [5, 5.41) is 17.3. The SMILES string of the molecule is CC(c1ccc(C=C(C#N)C#N)cc1)N(C)C. The van der Waals surface area contributed by atoms with Gasteiger partial charge in [-0.2, -0.15) is 10.5 Å². The molecule has 0 saturated carbocycles. The largest absolute Gasteiger partial charge is 0.303 e. The molecule has 3 nitrogen and oxygen atoms in total. The lowest BCUT2D eigenvalue weighted by atomic mass is 10.0. The Morgan fingerprint density at radius 2 is 1.71 bits per heavy atom. The van der Waals surface area contributed by atoms with Crippen molar-refractivity contribution in [3.8, 4) is 12.1 Å². The lowest BCUT2D eigenvalue weighted by Crippen LogP contribution is -2.16. The number of nitrogens with zero attached hydrogens (tertiary/aromatic N) is 3. The second-order valence-electron chi connectivity index (χ2n) is 4.09. The molecule has 0 aliphatic heterocycles. The molecule has 0 aliphatic rings. The van der Waals surface area contributed by atoms with Gasteiger partial charge in [0.15, 0.2) is 0 Å². The van der Waals surface area contributed by atoms with E-state index in [1.54, 1.807) is 6.08 Å². The summed E-state index contributed by atoms with van der Waals surface area (Å²) in [6.45, 7) is 2.13. The van der Waals surface area contributed by atoms with Gasteiger partial charge in [0.05, 0.1) is 0 Å². The maximum Gasteiger partial charge on any atom is 0.130 e. The van der Waals surface area contributed by atoms with Crippen molar-refractivity contribution in [1.29, 1.82) is 10.5 Å². The molecule has 86 valence electrons. The van der Waals surface area contributed by atoms with E-state index in [0.717, 1.165) is 5.56 Å². The van der Waals surface area contributed by atoms with Crippen LogP contribution < -0.4 is 0 Å². The van der Waals surface area contributed by atoms with E-state index in [1.165, 1.54) is 5.56 Å². The van der Waals surface area contributed by atoms with Crippen molar-refractivity contribution in [2.75, 3.05) is 14.1 Å². The van der Waals surface area contributed by atoms with E-state index in [-0.39, 0.29) is 5.57 Å². The van der Waals surface area contributed by atoms with Gasteiger partial charge < -0.3 is 4.90 Å². The van der Waals surface area contributed by atoms with Gasteiger partial charge in [-0.3, -0.25) is 0 Å². The molecule has 0 heterocycles. The fourth-order valence-corrected chi connectivity index (χ4v) is 1.43. The molecule has 17 heavy (non-hydrogen) atoms. The van der Waals surface area contributed by atoms with Crippen molar-refractivity contribution in [3.05, 3.63) is 41.0 Å². The number of hydrogen-bond acceptors (Lipinski definition) is 3. The maximum atomic E-state index is 8.66. The van der Waals surface area contributed by atoms with Crippen LogP contribution >= 0.6 is 0 Å². The van der Waals surface area contributed by atoms with E-state index in [0.29, 0.717) is 6.04 Å². The van der Waals surface area contributed by atoms with Gasteiger partial charge in [0.25, 0.3) is 0 Å². The van der Waals surface area contributed by atoms with Crippen molar-refractivity contribution < 1.29 is 0 Å². The lowest BCUT2D eigenvalue weighted by molar-refractivity contribution is 0.321. The fourth-order valence-electron chi connectivity index (χ4n) is 1.43. The van der Waals surface area contributed by atoms with E-state index in [1.807, 2.05) is 50.5 Å². The van der Waals surface area contributed by atoms with E-state index in [4.69, 9.17) is 10.5 Å². The highest BCUT2D eigenvalue weighted by Crippen LogP contribution is 2.18. The summed E-state index contributed by atoms with van der Waals surface area (Å²) >= 11 is 0. The van der Waals surface area contributed by atoms with Crippen molar-refractivity contribution in [3.63, 3.8) is 0 Å². The van der Waals surface area contributed by atoms with Crippen molar-refractivity contribution >= 4 is 6.08 Å². The summed E-state index contributed by atoms with van der Waals surface area (Å²) in [5.41, 5.74) is 2.21. The zero-order chi connectivity index (χ0) is 12.8. The average molecular weight is 225 g/mol. The number of rotatable bonds is 3. The molecule has 1 aromatic rings. The van der Waals surface area contributed by atoms with Gasteiger partial charge in [-0.15, -0.1) is 0 Å². The Morgan fingerprint density at radius 1 is 1.18 bits per heavy atom. The Labute approximate surface area is 102 Å². The summed E-state index contributed by atoms with van der Waals surface area (Å²) in [6, 6.07) is 11.9. The van der Waals surface area contributed by atoms with Crippen LogP contribution in [-0.2, 0) is 0 Å². The molecule has 0 aromatic heterocycles. The first-order valence-corrected chi connectivity index (χ1v) is 5.36. The summed E-state index contributed by atoms with van der Waals surface area (Å²) < 4.78 is 0. The number of allylic oxidation sites excluding steroid dienone is 1. The highest BCUT2D eigenvalue weighted by Gasteiger charge is 2.06. The molecule has 0 amide bonds. The van der Waals surface area contributed by atoms with Crippen LogP contribution in [0.25, 0.3) is 6.08 Å². The maximum absolute atomic E-state index is 8.66. The summed E-state index contributed by atoms with van der Waals surface area (Å²) in [7, 11) is 4.06. The molecule has 1 atom stereocenters. The summed E-state index contributed by atoms with van der Waals surface area (Å²) in [4.78, 5) is 2.13. The van der Waals surface area contributed by atoms with Gasteiger partial charge in [-0.05, 0) is 38.2 Å². The molecule has 0 radical (unpaired) electrons. The van der Waals surface area contributed by atoms with Gasteiger partial charge in [0.2, 0.25) is 0 Å². The number of benzene rings is 1. The Bertz CT molecular complexity index is 468. The van der Waals surface area contributed by atoms with Gasteiger partial charge >= 0.3 is 0 Å². The third-order valence-electron chi connectivity index (χ3n) is 2.75. The first-order valence-electron chi connectivity index (χ1n) is 5.36. The van der Waals surface area contributed by atoms with Crippen LogP contribution in [-0.4, -0.2) is 19.0 Å². The third-order valence-corrected chi connectivity index (χ3v) is 2.75. The number of hydrogen-bond donors (Lipinski definition) is 0. The van der Waals surface area contributed by atoms with Gasteiger partial charge in [-0.25, -0.2) is 0 Å². The van der Waals surface area contributed by atoms with Gasteiger partial charge in [0.1, 0.15) is 17.7 Å². The molecule has 3 heteroatoms. The van der Waals surface area contributed by atoms with Crippen LogP contribution in [0.5, 0.6) is 0 Å². The first kappa shape index (κ1) is 13.0. The highest BCUT2D eigenvalue weighted by atomic mass is 15.1. The molecule has 0 fully saturated rings.